The fourth-order valence-electron chi connectivity index (χ4n) is 1.57. The summed E-state index contributed by atoms with van der Waals surface area (Å²) in [5, 5.41) is 11.5. The summed E-state index contributed by atoms with van der Waals surface area (Å²) < 4.78 is 1.81. The van der Waals surface area contributed by atoms with Crippen LogP contribution < -0.4 is 5.32 Å². The number of hydrogen-bond acceptors (Lipinski definition) is 3. The number of hydrogen-bond donors (Lipinski definition) is 2. The molecule has 0 bridgehead atoms. The van der Waals surface area contributed by atoms with Crippen LogP contribution in [0.25, 0.3) is 0 Å². The molecule has 18 heavy (non-hydrogen) atoms. The molecule has 0 radical (unpaired) electrons. The first-order valence-corrected chi connectivity index (χ1v) is 5.96. The number of carbonyl (C=O) groups is 2. The average molecular weight is 253 g/mol. The summed E-state index contributed by atoms with van der Waals surface area (Å²) in [5.41, 5.74) is 0. The van der Waals surface area contributed by atoms with Crippen LogP contribution in [0.5, 0.6) is 0 Å². The zero-order valence-electron chi connectivity index (χ0n) is 10.7. The number of imidazole rings is 1. The molecule has 0 aromatic carbocycles. The Morgan fingerprint density at radius 1 is 1.44 bits per heavy atom. The zero-order valence-corrected chi connectivity index (χ0v) is 10.7. The third kappa shape index (κ3) is 4.99. The lowest BCUT2D eigenvalue weighted by molar-refractivity contribution is -0.138. The normalized spacial score (nSPS) is 12.4. The molecule has 0 fully saturated rings. The quantitative estimate of drug-likeness (QED) is 0.755. The predicted molar refractivity (Wildman–Crippen MR) is 65.9 cm³/mol. The van der Waals surface area contributed by atoms with Crippen LogP contribution in [0.1, 0.15) is 26.7 Å². The minimum atomic E-state index is -0.899. The molecule has 1 heterocycles. The summed E-state index contributed by atoms with van der Waals surface area (Å²) in [4.78, 5) is 26.3. The molecule has 0 saturated heterocycles. The van der Waals surface area contributed by atoms with Crippen molar-refractivity contribution < 1.29 is 14.7 Å². The van der Waals surface area contributed by atoms with Gasteiger partial charge in [0.15, 0.2) is 0 Å². The Hall–Kier alpha value is -1.85. The molecule has 0 saturated carbocycles. The van der Waals surface area contributed by atoms with Gasteiger partial charge in [-0.2, -0.15) is 0 Å². The predicted octanol–water partition coefficient (Wildman–Crippen LogP) is 0.889. The van der Waals surface area contributed by atoms with E-state index < -0.39 is 5.97 Å². The Balaban J connectivity index is 2.38. The molecule has 1 aromatic rings. The van der Waals surface area contributed by atoms with E-state index in [1.807, 2.05) is 13.8 Å². The second-order valence-electron chi connectivity index (χ2n) is 4.57. The minimum absolute atomic E-state index is 0.0471. The highest BCUT2D eigenvalue weighted by Gasteiger charge is 2.19. The molecular formula is C12H19N3O3. The number of carbonyl (C=O) groups excluding carboxylic acids is 1. The van der Waals surface area contributed by atoms with Gasteiger partial charge >= 0.3 is 5.97 Å². The molecule has 1 amide bonds. The summed E-state index contributed by atoms with van der Waals surface area (Å²) in [5.74, 6) is -0.939. The van der Waals surface area contributed by atoms with E-state index in [2.05, 4.69) is 10.3 Å². The number of nitrogens with one attached hydrogen (secondary N) is 1. The van der Waals surface area contributed by atoms with Crippen LogP contribution in [0.15, 0.2) is 18.7 Å². The Kier molecular flexibility index (Phi) is 5.35. The van der Waals surface area contributed by atoms with Crippen LogP contribution in [-0.4, -0.2) is 32.6 Å². The summed E-state index contributed by atoms with van der Waals surface area (Å²) in [6.07, 6.45) is 5.35. The third-order valence-corrected chi connectivity index (χ3v) is 2.70. The number of nitrogens with zero attached hydrogens (tertiary/aromatic N) is 2. The van der Waals surface area contributed by atoms with E-state index in [9.17, 15) is 9.59 Å². The van der Waals surface area contributed by atoms with Crippen molar-refractivity contribution >= 4 is 11.9 Å². The molecule has 0 aliphatic carbocycles. The van der Waals surface area contributed by atoms with Crippen LogP contribution in [0.2, 0.25) is 0 Å². The summed E-state index contributed by atoms with van der Waals surface area (Å²) in [6, 6.07) is -0.321. The maximum atomic E-state index is 11.7. The van der Waals surface area contributed by atoms with E-state index in [-0.39, 0.29) is 24.3 Å². The van der Waals surface area contributed by atoms with Crippen LogP contribution in [-0.2, 0) is 16.1 Å². The van der Waals surface area contributed by atoms with E-state index in [1.54, 1.807) is 23.3 Å². The Morgan fingerprint density at radius 3 is 2.67 bits per heavy atom. The van der Waals surface area contributed by atoms with Gasteiger partial charge in [0.25, 0.3) is 0 Å². The van der Waals surface area contributed by atoms with Crippen molar-refractivity contribution in [3.8, 4) is 0 Å². The lowest BCUT2D eigenvalue weighted by atomic mass is 10.0. The van der Waals surface area contributed by atoms with Crippen molar-refractivity contribution in [2.45, 2.75) is 39.3 Å². The summed E-state index contributed by atoms with van der Waals surface area (Å²) in [6.45, 7) is 4.33. The topological polar surface area (TPSA) is 84.2 Å². The van der Waals surface area contributed by atoms with Gasteiger partial charge in [-0.15, -0.1) is 0 Å². The van der Waals surface area contributed by atoms with Gasteiger partial charge in [0.1, 0.15) is 0 Å². The molecule has 1 aromatic heterocycles. The van der Waals surface area contributed by atoms with Crippen LogP contribution in [0.3, 0.4) is 0 Å². The zero-order chi connectivity index (χ0) is 13.5. The van der Waals surface area contributed by atoms with Crippen LogP contribution in [0.4, 0.5) is 0 Å². The van der Waals surface area contributed by atoms with Crippen molar-refractivity contribution in [2.75, 3.05) is 0 Å². The van der Waals surface area contributed by atoms with Gasteiger partial charge in [0, 0.05) is 31.4 Å². The van der Waals surface area contributed by atoms with Gasteiger partial charge in [-0.25, -0.2) is 4.98 Å². The molecule has 2 N–H and O–H groups in total. The third-order valence-electron chi connectivity index (χ3n) is 2.70. The second kappa shape index (κ2) is 6.78. The number of carboxylic acids is 1. The highest BCUT2D eigenvalue weighted by Crippen LogP contribution is 2.06. The average Bonchev–Trinajstić information content (AvgIpc) is 2.77. The minimum Gasteiger partial charge on any atom is -0.481 e. The van der Waals surface area contributed by atoms with Crippen LogP contribution in [0, 0.1) is 5.92 Å². The molecule has 1 unspecified atom stereocenters. The maximum Gasteiger partial charge on any atom is 0.305 e. The number of aromatic nitrogens is 2. The molecule has 0 spiro atoms. The maximum absolute atomic E-state index is 11.7. The van der Waals surface area contributed by atoms with Gasteiger partial charge in [-0.3, -0.25) is 9.59 Å². The molecule has 6 heteroatoms. The molecular weight excluding hydrogens is 234 g/mol. The Bertz CT molecular complexity index is 387. The van der Waals surface area contributed by atoms with Gasteiger partial charge in [-0.05, 0) is 5.92 Å². The SMILES string of the molecule is CC(C)C(CC(=O)O)NC(=O)CCn1ccnc1. The molecule has 100 valence electrons. The Labute approximate surface area is 106 Å². The lowest BCUT2D eigenvalue weighted by Crippen LogP contribution is -2.40. The van der Waals surface area contributed by atoms with Crippen LogP contribution >= 0.6 is 0 Å². The largest absolute Gasteiger partial charge is 0.481 e. The van der Waals surface area contributed by atoms with E-state index in [1.165, 1.54) is 0 Å². The van der Waals surface area contributed by atoms with Gasteiger partial charge < -0.3 is 15.0 Å². The van der Waals surface area contributed by atoms with Gasteiger partial charge in [-0.1, -0.05) is 13.8 Å². The summed E-state index contributed by atoms with van der Waals surface area (Å²) >= 11 is 0. The fourth-order valence-corrected chi connectivity index (χ4v) is 1.57. The second-order valence-corrected chi connectivity index (χ2v) is 4.57. The first-order chi connectivity index (χ1) is 8.49. The number of rotatable bonds is 7. The number of aliphatic carboxylic acids is 1. The van der Waals surface area contributed by atoms with E-state index >= 15 is 0 Å². The van der Waals surface area contributed by atoms with E-state index in [0.717, 1.165) is 0 Å². The molecule has 0 aliphatic heterocycles. The lowest BCUT2D eigenvalue weighted by Gasteiger charge is -2.20. The first kappa shape index (κ1) is 14.2. The standard InChI is InChI=1S/C12H19N3O3/c1-9(2)10(7-12(17)18)14-11(16)3-5-15-6-4-13-8-15/h4,6,8-10H,3,5,7H2,1-2H3,(H,14,16)(H,17,18). The molecule has 0 aliphatic rings. The number of aryl methyl sites for hydroxylation is 1. The van der Waals surface area contributed by atoms with Crippen molar-refractivity contribution in [1.29, 1.82) is 0 Å². The Morgan fingerprint density at radius 2 is 2.17 bits per heavy atom. The molecule has 1 rings (SSSR count). The van der Waals surface area contributed by atoms with Gasteiger partial charge in [0.2, 0.25) is 5.91 Å². The monoisotopic (exact) mass is 253 g/mol. The van der Waals surface area contributed by atoms with Crippen molar-refractivity contribution in [3.05, 3.63) is 18.7 Å². The van der Waals surface area contributed by atoms with E-state index in [0.29, 0.717) is 13.0 Å². The fraction of sp³-hybridized carbons (Fsp3) is 0.583. The van der Waals surface area contributed by atoms with Crippen molar-refractivity contribution in [2.24, 2.45) is 5.92 Å². The first-order valence-electron chi connectivity index (χ1n) is 5.96. The summed E-state index contributed by atoms with van der Waals surface area (Å²) in [7, 11) is 0. The highest BCUT2D eigenvalue weighted by atomic mass is 16.4. The number of carboxylic acid groups (broad SMARTS) is 1. The number of amides is 1. The van der Waals surface area contributed by atoms with Crippen molar-refractivity contribution in [3.63, 3.8) is 0 Å². The smallest absolute Gasteiger partial charge is 0.305 e. The molecule has 1 atom stereocenters. The van der Waals surface area contributed by atoms with E-state index in [4.69, 9.17) is 5.11 Å². The van der Waals surface area contributed by atoms with Crippen molar-refractivity contribution in [1.82, 2.24) is 14.9 Å². The van der Waals surface area contributed by atoms with Gasteiger partial charge in [0.05, 0.1) is 12.7 Å². The highest BCUT2D eigenvalue weighted by molar-refractivity contribution is 5.77. The molecule has 6 nitrogen and oxygen atoms in total.